The minimum atomic E-state index is -3.95. The molecular weight excluding hydrogens is 330 g/mol. The minimum Gasteiger partial charge on any atom is -0.379 e. The standard InChI is InChI=1S/C14H10ClNO5S/c15-12-3-7-14(8-4-12)22(19,20)21-13-5-1-11(2-6-13)9-10-16(17)18/h1-10H/b10-9+. The third kappa shape index (κ3) is 4.31. The van der Waals surface area contributed by atoms with Gasteiger partial charge in [-0.2, -0.15) is 8.42 Å². The number of hydrogen-bond acceptors (Lipinski definition) is 5. The molecule has 0 amide bonds. The molecule has 0 bridgehead atoms. The maximum Gasteiger partial charge on any atom is 0.339 e. The van der Waals surface area contributed by atoms with Gasteiger partial charge in [-0.15, -0.1) is 0 Å². The summed E-state index contributed by atoms with van der Waals surface area (Å²) in [4.78, 5) is 9.61. The zero-order chi connectivity index (χ0) is 16.2. The summed E-state index contributed by atoms with van der Waals surface area (Å²) >= 11 is 5.70. The van der Waals surface area contributed by atoms with Gasteiger partial charge in [0.2, 0.25) is 6.20 Å². The van der Waals surface area contributed by atoms with E-state index in [1.54, 1.807) is 0 Å². The van der Waals surface area contributed by atoms with Gasteiger partial charge in [0, 0.05) is 11.1 Å². The first-order valence-electron chi connectivity index (χ1n) is 5.99. The largest absolute Gasteiger partial charge is 0.379 e. The van der Waals surface area contributed by atoms with Crippen molar-refractivity contribution in [2.24, 2.45) is 0 Å². The van der Waals surface area contributed by atoms with Crippen LogP contribution in [0.15, 0.2) is 59.6 Å². The first-order valence-corrected chi connectivity index (χ1v) is 7.77. The van der Waals surface area contributed by atoms with Crippen LogP contribution >= 0.6 is 11.6 Å². The van der Waals surface area contributed by atoms with E-state index in [0.717, 1.165) is 6.20 Å². The summed E-state index contributed by atoms with van der Waals surface area (Å²) < 4.78 is 29.1. The summed E-state index contributed by atoms with van der Waals surface area (Å²) in [6.07, 6.45) is 2.08. The second-order valence-electron chi connectivity index (χ2n) is 4.16. The Hall–Kier alpha value is -2.38. The number of hydrogen-bond donors (Lipinski definition) is 0. The van der Waals surface area contributed by atoms with Crippen LogP contribution in [0.2, 0.25) is 5.02 Å². The Morgan fingerprint density at radius 2 is 1.64 bits per heavy atom. The summed E-state index contributed by atoms with van der Waals surface area (Å²) in [6.45, 7) is 0. The number of benzene rings is 2. The van der Waals surface area contributed by atoms with Gasteiger partial charge in [0.25, 0.3) is 0 Å². The Balaban J connectivity index is 2.16. The second-order valence-corrected chi connectivity index (χ2v) is 6.14. The SMILES string of the molecule is O=[N+]([O-])/C=C/c1ccc(OS(=O)(=O)c2ccc(Cl)cc2)cc1. The van der Waals surface area contributed by atoms with Gasteiger partial charge in [0.1, 0.15) is 10.6 Å². The third-order valence-corrected chi connectivity index (χ3v) is 4.09. The second kappa shape index (κ2) is 6.59. The maximum absolute atomic E-state index is 12.0. The highest BCUT2D eigenvalue weighted by molar-refractivity contribution is 7.87. The van der Waals surface area contributed by atoms with Crippen molar-refractivity contribution in [2.45, 2.75) is 4.90 Å². The van der Waals surface area contributed by atoms with Crippen molar-refractivity contribution in [2.75, 3.05) is 0 Å². The predicted molar refractivity (Wildman–Crippen MR) is 81.7 cm³/mol. The van der Waals surface area contributed by atoms with Crippen LogP contribution < -0.4 is 4.18 Å². The van der Waals surface area contributed by atoms with Crippen molar-refractivity contribution in [1.29, 1.82) is 0 Å². The van der Waals surface area contributed by atoms with E-state index in [1.807, 2.05) is 0 Å². The third-order valence-electron chi connectivity index (χ3n) is 2.58. The van der Waals surface area contributed by atoms with Crippen molar-refractivity contribution in [3.8, 4) is 5.75 Å². The minimum absolute atomic E-state index is 0.0192. The molecule has 22 heavy (non-hydrogen) atoms. The van der Waals surface area contributed by atoms with Gasteiger partial charge in [-0.05, 0) is 42.0 Å². The van der Waals surface area contributed by atoms with Crippen LogP contribution in [0.25, 0.3) is 6.08 Å². The normalized spacial score (nSPS) is 11.5. The lowest BCUT2D eigenvalue weighted by Crippen LogP contribution is -2.09. The van der Waals surface area contributed by atoms with E-state index < -0.39 is 15.0 Å². The highest BCUT2D eigenvalue weighted by Gasteiger charge is 2.16. The molecule has 0 atom stereocenters. The first kappa shape index (κ1) is 16.0. The van der Waals surface area contributed by atoms with Gasteiger partial charge in [-0.3, -0.25) is 10.1 Å². The molecule has 8 heteroatoms. The summed E-state index contributed by atoms with van der Waals surface area (Å²) in [6, 6.07) is 11.4. The highest BCUT2D eigenvalue weighted by atomic mass is 35.5. The highest BCUT2D eigenvalue weighted by Crippen LogP contribution is 2.21. The van der Waals surface area contributed by atoms with Crippen LogP contribution in [0, 0.1) is 10.1 Å². The molecule has 114 valence electrons. The molecule has 2 aromatic rings. The average Bonchev–Trinajstić information content (AvgIpc) is 2.46. The molecule has 0 unspecified atom stereocenters. The van der Waals surface area contributed by atoms with Crippen LogP contribution in [0.5, 0.6) is 5.75 Å². The van der Waals surface area contributed by atoms with Crippen LogP contribution in [0.3, 0.4) is 0 Å². The van der Waals surface area contributed by atoms with E-state index in [4.69, 9.17) is 15.8 Å². The number of halogens is 1. The molecule has 0 radical (unpaired) electrons. The monoisotopic (exact) mass is 339 g/mol. The molecule has 0 saturated carbocycles. The Morgan fingerprint density at radius 1 is 1.05 bits per heavy atom. The molecule has 0 aliphatic rings. The van der Waals surface area contributed by atoms with Crippen molar-refractivity contribution in [3.63, 3.8) is 0 Å². The quantitative estimate of drug-likeness (QED) is 0.473. The van der Waals surface area contributed by atoms with E-state index in [2.05, 4.69) is 0 Å². The molecule has 6 nitrogen and oxygen atoms in total. The first-order chi connectivity index (χ1) is 10.4. The molecule has 0 aliphatic carbocycles. The zero-order valence-electron chi connectivity index (χ0n) is 11.0. The van der Waals surface area contributed by atoms with Crippen molar-refractivity contribution in [1.82, 2.24) is 0 Å². The van der Waals surface area contributed by atoms with Crippen LogP contribution in [-0.2, 0) is 10.1 Å². The molecule has 2 aromatic carbocycles. The van der Waals surface area contributed by atoms with Crippen LogP contribution in [-0.4, -0.2) is 13.3 Å². The molecule has 0 aromatic heterocycles. The summed E-state index contributed by atoms with van der Waals surface area (Å²) in [5, 5.41) is 10.6. The fourth-order valence-electron chi connectivity index (χ4n) is 1.56. The van der Waals surface area contributed by atoms with Crippen LogP contribution in [0.1, 0.15) is 5.56 Å². The predicted octanol–water partition coefficient (Wildman–Crippen LogP) is 3.36. The Morgan fingerprint density at radius 3 is 2.18 bits per heavy atom. The van der Waals surface area contributed by atoms with Gasteiger partial charge in [0.05, 0.1) is 4.92 Å². The Kier molecular flexibility index (Phi) is 4.79. The maximum atomic E-state index is 12.0. The number of rotatable bonds is 5. The topological polar surface area (TPSA) is 86.5 Å². The van der Waals surface area contributed by atoms with E-state index >= 15 is 0 Å². The van der Waals surface area contributed by atoms with Gasteiger partial charge in [0.15, 0.2) is 0 Å². The molecule has 0 fully saturated rings. The molecule has 0 heterocycles. The smallest absolute Gasteiger partial charge is 0.339 e. The molecule has 0 saturated heterocycles. The number of nitro groups is 1. The van der Waals surface area contributed by atoms with Gasteiger partial charge >= 0.3 is 10.1 Å². The summed E-state index contributed by atoms with van der Waals surface area (Å²) in [7, 11) is -3.95. The lowest BCUT2D eigenvalue weighted by Gasteiger charge is -2.07. The zero-order valence-corrected chi connectivity index (χ0v) is 12.6. The van der Waals surface area contributed by atoms with Gasteiger partial charge in [-0.25, -0.2) is 0 Å². The van der Waals surface area contributed by atoms with E-state index in [-0.39, 0.29) is 10.6 Å². The van der Waals surface area contributed by atoms with Gasteiger partial charge in [-0.1, -0.05) is 23.7 Å². The molecule has 0 aliphatic heterocycles. The lowest BCUT2D eigenvalue weighted by atomic mass is 10.2. The summed E-state index contributed by atoms with van der Waals surface area (Å²) in [5.41, 5.74) is 0.549. The van der Waals surface area contributed by atoms with Crippen molar-refractivity contribution < 1.29 is 17.5 Å². The number of nitrogens with zero attached hydrogens (tertiary/aromatic N) is 1. The van der Waals surface area contributed by atoms with Crippen LogP contribution in [0.4, 0.5) is 0 Å². The van der Waals surface area contributed by atoms with Crippen molar-refractivity contribution in [3.05, 3.63) is 75.4 Å². The molecular formula is C14H10ClNO5S. The Labute approximate surface area is 131 Å². The molecule has 2 rings (SSSR count). The molecule has 0 N–H and O–H groups in total. The Bertz CT molecular complexity index is 798. The van der Waals surface area contributed by atoms with Gasteiger partial charge < -0.3 is 4.18 Å². The van der Waals surface area contributed by atoms with E-state index in [9.17, 15) is 18.5 Å². The molecule has 0 spiro atoms. The van der Waals surface area contributed by atoms with E-state index in [1.165, 1.54) is 54.6 Å². The fraction of sp³-hybridized carbons (Fsp3) is 0. The average molecular weight is 340 g/mol. The van der Waals surface area contributed by atoms with E-state index in [0.29, 0.717) is 10.6 Å². The summed E-state index contributed by atoms with van der Waals surface area (Å²) in [5.74, 6) is 0.105. The fourth-order valence-corrected chi connectivity index (χ4v) is 2.61. The lowest BCUT2D eigenvalue weighted by molar-refractivity contribution is -0.400. The van der Waals surface area contributed by atoms with Crippen molar-refractivity contribution >= 4 is 27.8 Å².